The molecule has 4 heterocycles. The number of nitrogens with one attached hydrogen (secondary N) is 2. The summed E-state index contributed by atoms with van der Waals surface area (Å²) in [5, 5.41) is 15.1. The number of hydrogen-bond acceptors (Lipinski definition) is 9. The van der Waals surface area contributed by atoms with E-state index in [4.69, 9.17) is 11.6 Å². The van der Waals surface area contributed by atoms with Gasteiger partial charge in [0.15, 0.2) is 0 Å². The lowest BCUT2D eigenvalue weighted by Crippen LogP contribution is -2.54. The van der Waals surface area contributed by atoms with Crippen LogP contribution in [0.4, 0.5) is 11.4 Å². The SMILES string of the molecule is CN(c1ccc(C#N)c(Cl)c1)[C@H]1CC[C@H](NC(=O)c2ccc(N3CCC(C)(CN4Cc5cc6c(cc5C4)C(=O)N(C4CCC(=O)NC4=O)C6=O)CC3)cc2)CC1. The number of nitrogens with zero attached hydrogens (tertiary/aromatic N) is 5. The smallest absolute Gasteiger partial charge is 0.262 e. The monoisotopic (exact) mass is 775 g/mol. The fourth-order valence-corrected chi connectivity index (χ4v) is 9.49. The Hall–Kier alpha value is -5.25. The van der Waals surface area contributed by atoms with Gasteiger partial charge in [-0.15, -0.1) is 0 Å². The van der Waals surface area contributed by atoms with E-state index in [-0.39, 0.29) is 36.1 Å². The van der Waals surface area contributed by atoms with Crippen LogP contribution < -0.4 is 20.4 Å². The van der Waals surface area contributed by atoms with Crippen molar-refractivity contribution in [2.24, 2.45) is 5.41 Å². The van der Waals surface area contributed by atoms with Crippen molar-refractivity contribution in [2.75, 3.05) is 36.5 Å². The van der Waals surface area contributed by atoms with Crippen LogP contribution in [0.15, 0.2) is 54.6 Å². The van der Waals surface area contributed by atoms with Gasteiger partial charge in [0.25, 0.3) is 17.7 Å². The number of anilines is 2. The van der Waals surface area contributed by atoms with E-state index in [2.05, 4.69) is 45.4 Å². The fraction of sp³-hybridized carbons (Fsp3) is 0.442. The third kappa shape index (κ3) is 7.26. The first-order chi connectivity index (χ1) is 26.9. The van der Waals surface area contributed by atoms with Crippen LogP contribution in [0.3, 0.4) is 0 Å². The summed E-state index contributed by atoms with van der Waals surface area (Å²) in [5.74, 6) is -1.97. The van der Waals surface area contributed by atoms with E-state index in [1.165, 1.54) is 0 Å². The number of amides is 5. The molecule has 1 unspecified atom stereocenters. The molecule has 3 aromatic carbocycles. The lowest BCUT2D eigenvalue weighted by Gasteiger charge is -2.42. The second-order valence-corrected chi connectivity index (χ2v) is 16.9. The van der Waals surface area contributed by atoms with Crippen molar-refractivity contribution in [3.8, 4) is 6.07 Å². The van der Waals surface area contributed by atoms with E-state index in [1.54, 1.807) is 6.07 Å². The molecule has 2 saturated heterocycles. The molecule has 5 amide bonds. The molecule has 13 heteroatoms. The summed E-state index contributed by atoms with van der Waals surface area (Å²) in [6.45, 7) is 6.42. The summed E-state index contributed by atoms with van der Waals surface area (Å²) in [6.07, 6.45) is 5.94. The van der Waals surface area contributed by atoms with Gasteiger partial charge >= 0.3 is 0 Å². The predicted molar refractivity (Wildman–Crippen MR) is 211 cm³/mol. The average molecular weight is 776 g/mol. The van der Waals surface area contributed by atoms with E-state index in [9.17, 15) is 29.2 Å². The third-order valence-electron chi connectivity index (χ3n) is 12.7. The number of piperidine rings is 2. The molecule has 0 spiro atoms. The molecule has 3 aromatic rings. The fourth-order valence-electron chi connectivity index (χ4n) is 9.28. The molecule has 1 aliphatic carbocycles. The van der Waals surface area contributed by atoms with Gasteiger partial charge in [-0.3, -0.25) is 39.1 Å². The molecule has 3 fully saturated rings. The van der Waals surface area contributed by atoms with Crippen molar-refractivity contribution >= 4 is 52.5 Å². The van der Waals surface area contributed by atoms with Gasteiger partial charge < -0.3 is 15.1 Å². The van der Waals surface area contributed by atoms with Crippen LogP contribution in [-0.4, -0.2) is 84.1 Å². The minimum absolute atomic E-state index is 0.0457. The highest BCUT2D eigenvalue weighted by molar-refractivity contribution is 6.32. The minimum Gasteiger partial charge on any atom is -0.372 e. The largest absolute Gasteiger partial charge is 0.372 e. The second kappa shape index (κ2) is 15.0. The van der Waals surface area contributed by atoms with Crippen molar-refractivity contribution in [3.63, 3.8) is 0 Å². The number of rotatable bonds is 8. The highest BCUT2D eigenvalue weighted by Crippen LogP contribution is 2.38. The molecular formula is C43H46ClN7O5. The van der Waals surface area contributed by atoms with Gasteiger partial charge in [-0.05, 0) is 116 Å². The van der Waals surface area contributed by atoms with Gasteiger partial charge in [-0.2, -0.15) is 5.26 Å². The maximum atomic E-state index is 13.3. The standard InChI is InChI=1S/C43H46ClN7O5/c1-43(25-49-23-28-19-34-35(20-29(28)24-49)42(56)51(41(34)55)37-13-14-38(52)47-40(37)54)15-17-50(18-16-43)32-8-3-26(4-9-32)39(53)46-30-6-11-31(12-7-30)48(2)33-10-5-27(22-45)36(44)21-33/h3-5,8-10,19-21,30-31,37H,6-7,11-18,23-25H2,1-2H3,(H,46,53)(H,47,52,54)/t30-,31-,37?. The quantitative estimate of drug-likeness (QED) is 0.287. The number of imide groups is 2. The van der Waals surface area contributed by atoms with E-state index in [0.29, 0.717) is 46.4 Å². The molecule has 4 aliphatic heterocycles. The zero-order valence-corrected chi connectivity index (χ0v) is 32.5. The average Bonchev–Trinajstić information content (AvgIpc) is 3.69. The second-order valence-electron chi connectivity index (χ2n) is 16.5. The molecule has 1 atom stereocenters. The number of carbonyl (C=O) groups is 5. The van der Waals surface area contributed by atoms with Crippen LogP contribution >= 0.6 is 11.6 Å². The summed E-state index contributed by atoms with van der Waals surface area (Å²) < 4.78 is 0. The Morgan fingerprint density at radius 2 is 1.57 bits per heavy atom. The van der Waals surface area contributed by atoms with Gasteiger partial charge in [0.1, 0.15) is 12.1 Å². The Labute approximate surface area is 331 Å². The van der Waals surface area contributed by atoms with Crippen molar-refractivity contribution in [3.05, 3.63) is 93.0 Å². The van der Waals surface area contributed by atoms with E-state index >= 15 is 0 Å². The topological polar surface area (TPSA) is 146 Å². The molecule has 1 saturated carbocycles. The van der Waals surface area contributed by atoms with Crippen LogP contribution in [0.1, 0.15) is 106 Å². The first-order valence-corrected chi connectivity index (χ1v) is 20.0. The van der Waals surface area contributed by atoms with Crippen LogP contribution in [-0.2, 0) is 22.7 Å². The summed E-state index contributed by atoms with van der Waals surface area (Å²) in [5.41, 5.74) is 6.06. The maximum Gasteiger partial charge on any atom is 0.262 e. The molecule has 2 N–H and O–H groups in total. The molecular weight excluding hydrogens is 730 g/mol. The van der Waals surface area contributed by atoms with Gasteiger partial charge in [-0.1, -0.05) is 18.5 Å². The van der Waals surface area contributed by atoms with E-state index < -0.39 is 23.8 Å². The van der Waals surface area contributed by atoms with Crippen LogP contribution in [0, 0.1) is 16.7 Å². The molecule has 0 bridgehead atoms. The van der Waals surface area contributed by atoms with Crippen LogP contribution in [0.5, 0.6) is 0 Å². The van der Waals surface area contributed by atoms with Crippen molar-refractivity contribution < 1.29 is 24.0 Å². The number of benzene rings is 3. The highest BCUT2D eigenvalue weighted by atomic mass is 35.5. The van der Waals surface area contributed by atoms with Crippen molar-refractivity contribution in [2.45, 2.75) is 89.5 Å². The van der Waals surface area contributed by atoms with Crippen molar-refractivity contribution in [1.82, 2.24) is 20.4 Å². The van der Waals surface area contributed by atoms with Gasteiger partial charge in [-0.25, -0.2) is 0 Å². The zero-order chi connectivity index (χ0) is 39.3. The first kappa shape index (κ1) is 37.7. The minimum atomic E-state index is -0.965. The van der Waals surface area contributed by atoms with Gasteiger partial charge in [0.2, 0.25) is 11.8 Å². The predicted octanol–water partition coefficient (Wildman–Crippen LogP) is 5.41. The van der Waals surface area contributed by atoms with Gasteiger partial charge in [0, 0.05) is 75.2 Å². The molecule has 0 aromatic heterocycles. The molecule has 56 heavy (non-hydrogen) atoms. The maximum absolute atomic E-state index is 13.3. The Balaban J connectivity index is 0.801. The number of hydrogen-bond donors (Lipinski definition) is 2. The lowest BCUT2D eigenvalue weighted by atomic mass is 9.79. The van der Waals surface area contributed by atoms with Crippen molar-refractivity contribution in [1.29, 1.82) is 5.26 Å². The molecule has 5 aliphatic rings. The summed E-state index contributed by atoms with van der Waals surface area (Å²) >= 11 is 6.27. The van der Waals surface area contributed by atoms with Crippen LogP contribution in [0.2, 0.25) is 5.02 Å². The Morgan fingerprint density at radius 1 is 0.929 bits per heavy atom. The van der Waals surface area contributed by atoms with E-state index in [0.717, 1.165) is 85.6 Å². The molecule has 0 radical (unpaired) electrons. The van der Waals surface area contributed by atoms with E-state index in [1.807, 2.05) is 48.5 Å². The molecule has 8 rings (SSSR count). The lowest BCUT2D eigenvalue weighted by molar-refractivity contribution is -0.136. The number of fused-ring (bicyclic) bond motifs is 2. The summed E-state index contributed by atoms with van der Waals surface area (Å²) in [7, 11) is 2.06. The zero-order valence-electron chi connectivity index (χ0n) is 31.8. The Bertz CT molecular complexity index is 2100. The van der Waals surface area contributed by atoms with Gasteiger partial charge in [0.05, 0.1) is 21.7 Å². The molecule has 12 nitrogen and oxygen atoms in total. The Kier molecular flexibility index (Phi) is 10.1. The number of nitriles is 1. The van der Waals surface area contributed by atoms with Crippen LogP contribution in [0.25, 0.3) is 0 Å². The third-order valence-corrected chi connectivity index (χ3v) is 13.0. The normalized spacial score (nSPS) is 23.4. The summed E-state index contributed by atoms with van der Waals surface area (Å²) in [6, 6.07) is 18.7. The number of carbonyl (C=O) groups excluding carboxylic acids is 5. The Morgan fingerprint density at radius 3 is 2.16 bits per heavy atom. The molecule has 290 valence electrons. The summed E-state index contributed by atoms with van der Waals surface area (Å²) in [4.78, 5) is 72.0. The first-order valence-electron chi connectivity index (χ1n) is 19.6. The highest BCUT2D eigenvalue weighted by Gasteiger charge is 2.45. The number of halogens is 1.